The number of hydrogen-bond donors (Lipinski definition) is 1. The number of likely N-dealkylation sites (tertiary alicyclic amines) is 1. The number of phenolic OH excluding ortho intramolecular Hbond substituents is 1. The summed E-state index contributed by atoms with van der Waals surface area (Å²) < 4.78 is 5.44. The van der Waals surface area contributed by atoms with Crippen molar-refractivity contribution in [2.24, 2.45) is 11.8 Å². The van der Waals surface area contributed by atoms with Gasteiger partial charge in [0.2, 0.25) is 0 Å². The van der Waals surface area contributed by atoms with Crippen molar-refractivity contribution >= 4 is 10.9 Å². The van der Waals surface area contributed by atoms with Gasteiger partial charge in [-0.2, -0.15) is 0 Å². The Bertz CT molecular complexity index is 1140. The van der Waals surface area contributed by atoms with Crippen LogP contribution >= 0.6 is 0 Å². The Morgan fingerprint density at radius 3 is 2.87 bits per heavy atom. The van der Waals surface area contributed by atoms with E-state index in [0.29, 0.717) is 11.7 Å². The van der Waals surface area contributed by atoms with Gasteiger partial charge < -0.3 is 14.7 Å². The van der Waals surface area contributed by atoms with Crippen molar-refractivity contribution in [1.82, 2.24) is 9.88 Å². The third kappa shape index (κ3) is 3.38. The lowest BCUT2D eigenvalue weighted by Crippen LogP contribution is -2.54. The lowest BCUT2D eigenvalue weighted by molar-refractivity contribution is 0.0777. The molecule has 2 heterocycles. The molecule has 1 saturated heterocycles. The van der Waals surface area contributed by atoms with E-state index in [1.165, 1.54) is 36.2 Å². The van der Waals surface area contributed by atoms with Crippen LogP contribution in [0.25, 0.3) is 10.9 Å². The van der Waals surface area contributed by atoms with Gasteiger partial charge in [0.1, 0.15) is 11.5 Å². The van der Waals surface area contributed by atoms with Crippen LogP contribution in [-0.2, 0) is 18.3 Å². The largest absolute Gasteiger partial charge is 0.508 e. The van der Waals surface area contributed by atoms with Crippen LogP contribution in [0.15, 0.2) is 48.5 Å². The summed E-state index contributed by atoms with van der Waals surface area (Å²) in [5.74, 6) is 2.71. The molecular weight excluding hydrogens is 384 g/mol. The number of hydrogen-bond acceptors (Lipinski definition) is 4. The van der Waals surface area contributed by atoms with Gasteiger partial charge in [-0.15, -0.1) is 0 Å². The first-order valence-electron chi connectivity index (χ1n) is 11.6. The molecule has 1 saturated carbocycles. The molecule has 31 heavy (non-hydrogen) atoms. The van der Waals surface area contributed by atoms with Gasteiger partial charge >= 0.3 is 0 Å². The van der Waals surface area contributed by atoms with E-state index in [4.69, 9.17) is 9.72 Å². The van der Waals surface area contributed by atoms with Gasteiger partial charge in [-0.25, -0.2) is 0 Å². The quantitative estimate of drug-likeness (QED) is 0.671. The van der Waals surface area contributed by atoms with E-state index in [0.717, 1.165) is 54.9 Å². The highest BCUT2D eigenvalue weighted by atomic mass is 16.5. The minimum absolute atomic E-state index is 0.0545. The number of aromatic hydroxyl groups is 1. The highest BCUT2D eigenvalue weighted by Crippen LogP contribution is 2.49. The molecule has 2 fully saturated rings. The summed E-state index contributed by atoms with van der Waals surface area (Å²) in [4.78, 5) is 7.82. The standard InChI is InChI=1S/C27H30N2O2/c1-31-24-7-8-25-20(13-24)11-19-12-22-17-29(16-18-5-6-18)10-9-27(22,15-26(19)28-25)21-3-2-4-23(30)14-21/h2-4,7-8,11,13-14,18,22,30H,5-6,9-10,12,15-17H2,1H3/t22-,27-/m0/s1. The molecule has 0 bridgehead atoms. The monoisotopic (exact) mass is 414 g/mol. The van der Waals surface area contributed by atoms with Crippen molar-refractivity contribution in [3.63, 3.8) is 0 Å². The number of methoxy groups -OCH3 is 1. The first-order chi connectivity index (χ1) is 15.1. The number of pyridine rings is 1. The van der Waals surface area contributed by atoms with Gasteiger partial charge in [0.25, 0.3) is 0 Å². The Morgan fingerprint density at radius 2 is 2.06 bits per heavy atom. The minimum Gasteiger partial charge on any atom is -0.508 e. The first kappa shape index (κ1) is 19.1. The van der Waals surface area contributed by atoms with Gasteiger partial charge in [0, 0.05) is 36.0 Å². The molecule has 0 radical (unpaired) electrons. The molecule has 160 valence electrons. The van der Waals surface area contributed by atoms with Crippen molar-refractivity contribution in [3.05, 3.63) is 65.4 Å². The van der Waals surface area contributed by atoms with Crippen LogP contribution in [-0.4, -0.2) is 41.7 Å². The van der Waals surface area contributed by atoms with Crippen molar-refractivity contribution < 1.29 is 9.84 Å². The Kier molecular flexibility index (Phi) is 4.46. The SMILES string of the molecule is COc1ccc2nc3c(cc2c1)C[C@H]1CN(CC2CC2)CC[C@@]1(c1cccc(O)c1)C3. The minimum atomic E-state index is 0.0545. The average molecular weight is 415 g/mol. The van der Waals surface area contributed by atoms with E-state index in [2.05, 4.69) is 29.2 Å². The third-order valence-corrected chi connectivity index (χ3v) is 7.91. The maximum Gasteiger partial charge on any atom is 0.119 e. The van der Waals surface area contributed by atoms with E-state index >= 15 is 0 Å². The Morgan fingerprint density at radius 1 is 1.16 bits per heavy atom. The Balaban J connectivity index is 1.42. The molecule has 6 rings (SSSR count). The Hall–Kier alpha value is -2.59. The lowest BCUT2D eigenvalue weighted by atomic mass is 9.58. The predicted octanol–water partition coefficient (Wildman–Crippen LogP) is 4.72. The molecule has 3 aromatic rings. The second-order valence-electron chi connectivity index (χ2n) is 9.89. The van der Waals surface area contributed by atoms with Crippen LogP contribution in [0, 0.1) is 11.8 Å². The number of piperidine rings is 1. The molecule has 0 amide bonds. The summed E-state index contributed by atoms with van der Waals surface area (Å²) in [6.45, 7) is 3.54. The number of benzene rings is 2. The summed E-state index contributed by atoms with van der Waals surface area (Å²) in [5.41, 5.74) is 4.99. The molecule has 1 aromatic heterocycles. The average Bonchev–Trinajstić information content (AvgIpc) is 3.60. The van der Waals surface area contributed by atoms with Gasteiger partial charge in [-0.1, -0.05) is 12.1 Å². The van der Waals surface area contributed by atoms with Crippen LogP contribution in [0.1, 0.15) is 36.1 Å². The smallest absolute Gasteiger partial charge is 0.119 e. The normalized spacial score (nSPS) is 25.8. The van der Waals surface area contributed by atoms with Crippen molar-refractivity contribution in [3.8, 4) is 11.5 Å². The zero-order valence-electron chi connectivity index (χ0n) is 18.2. The fraction of sp³-hybridized carbons (Fsp3) is 0.444. The van der Waals surface area contributed by atoms with Crippen LogP contribution in [0.4, 0.5) is 0 Å². The van der Waals surface area contributed by atoms with Crippen molar-refractivity contribution in [2.45, 2.75) is 37.5 Å². The third-order valence-electron chi connectivity index (χ3n) is 7.91. The van der Waals surface area contributed by atoms with E-state index in [1.807, 2.05) is 18.2 Å². The number of nitrogens with zero attached hydrogens (tertiary/aromatic N) is 2. The summed E-state index contributed by atoms with van der Waals surface area (Å²) in [6, 6.07) is 16.5. The molecule has 1 N–H and O–H groups in total. The van der Waals surface area contributed by atoms with Crippen LogP contribution < -0.4 is 4.74 Å². The van der Waals surface area contributed by atoms with Crippen molar-refractivity contribution in [1.29, 1.82) is 0 Å². The highest BCUT2D eigenvalue weighted by molar-refractivity contribution is 5.81. The van der Waals surface area contributed by atoms with Crippen molar-refractivity contribution in [2.75, 3.05) is 26.7 Å². The fourth-order valence-electron chi connectivity index (χ4n) is 6.02. The van der Waals surface area contributed by atoms with Gasteiger partial charge in [0.15, 0.2) is 0 Å². The van der Waals surface area contributed by atoms with Crippen LogP contribution in [0.5, 0.6) is 11.5 Å². The molecular formula is C27H30N2O2. The Labute approximate surface area is 183 Å². The zero-order chi connectivity index (χ0) is 21.0. The van der Waals surface area contributed by atoms with Crippen LogP contribution in [0.2, 0.25) is 0 Å². The molecule has 0 spiro atoms. The maximum atomic E-state index is 10.3. The summed E-state index contributed by atoms with van der Waals surface area (Å²) >= 11 is 0. The lowest BCUT2D eigenvalue weighted by Gasteiger charge is -2.51. The van der Waals surface area contributed by atoms with Gasteiger partial charge in [-0.3, -0.25) is 4.98 Å². The molecule has 3 aliphatic rings. The predicted molar refractivity (Wildman–Crippen MR) is 123 cm³/mol. The number of rotatable bonds is 4. The van der Waals surface area contributed by atoms with Gasteiger partial charge in [0.05, 0.1) is 12.6 Å². The number of fused-ring (bicyclic) bond motifs is 3. The number of aromatic nitrogens is 1. The van der Waals surface area contributed by atoms with E-state index in [9.17, 15) is 5.11 Å². The van der Waals surface area contributed by atoms with Crippen LogP contribution in [0.3, 0.4) is 0 Å². The van der Waals surface area contributed by atoms with E-state index in [1.54, 1.807) is 13.2 Å². The molecule has 2 aromatic carbocycles. The first-order valence-corrected chi connectivity index (χ1v) is 11.6. The topological polar surface area (TPSA) is 45.6 Å². The fourth-order valence-corrected chi connectivity index (χ4v) is 6.02. The number of ether oxygens (including phenoxy) is 1. The maximum absolute atomic E-state index is 10.3. The summed E-state index contributed by atoms with van der Waals surface area (Å²) in [5, 5.41) is 11.4. The molecule has 2 aliphatic carbocycles. The highest BCUT2D eigenvalue weighted by Gasteiger charge is 2.48. The molecule has 1 aliphatic heterocycles. The van der Waals surface area contributed by atoms with E-state index in [-0.39, 0.29) is 5.41 Å². The zero-order valence-corrected chi connectivity index (χ0v) is 18.2. The summed E-state index contributed by atoms with van der Waals surface area (Å²) in [6.07, 6.45) is 5.94. The summed E-state index contributed by atoms with van der Waals surface area (Å²) in [7, 11) is 1.72. The van der Waals surface area contributed by atoms with E-state index < -0.39 is 0 Å². The number of phenols is 1. The molecule has 2 atom stereocenters. The molecule has 0 unspecified atom stereocenters. The second-order valence-corrected chi connectivity index (χ2v) is 9.89. The second kappa shape index (κ2) is 7.23. The molecule has 4 nitrogen and oxygen atoms in total. The van der Waals surface area contributed by atoms with Gasteiger partial charge in [-0.05, 0) is 91.6 Å². The molecule has 4 heteroatoms.